The van der Waals surface area contributed by atoms with E-state index in [1.54, 1.807) is 4.90 Å². The molecule has 1 aliphatic rings. The summed E-state index contributed by atoms with van der Waals surface area (Å²) in [5, 5.41) is 0. The molecule has 0 radical (unpaired) electrons. The van der Waals surface area contributed by atoms with Gasteiger partial charge in [0.1, 0.15) is 5.60 Å². The van der Waals surface area contributed by atoms with Crippen LogP contribution in [0.1, 0.15) is 47.5 Å². The zero-order valence-electron chi connectivity index (χ0n) is 12.7. The normalized spacial score (nSPS) is 18.3. The van der Waals surface area contributed by atoms with Gasteiger partial charge in [0.2, 0.25) is 0 Å². The first-order valence-corrected chi connectivity index (χ1v) is 7.22. The monoisotopic (exact) mass is 286 g/mol. The van der Waals surface area contributed by atoms with E-state index in [2.05, 4.69) is 13.8 Å². The van der Waals surface area contributed by atoms with Crippen molar-refractivity contribution in [1.82, 2.24) is 4.90 Å². The molecule has 1 rings (SSSR count). The highest BCUT2D eigenvalue weighted by Crippen LogP contribution is 2.35. The van der Waals surface area contributed by atoms with Crippen molar-refractivity contribution in [3.8, 4) is 0 Å². The molecule has 0 saturated carbocycles. The van der Waals surface area contributed by atoms with Crippen LogP contribution < -0.4 is 5.73 Å². The molecular weight excluding hydrogens is 260 g/mol. The average Bonchev–Trinajstić information content (AvgIpc) is 2.26. The van der Waals surface area contributed by atoms with Gasteiger partial charge in [-0.05, 0) is 39.5 Å². The molecule has 0 atom stereocenters. The number of hydrogen-bond acceptors (Lipinski definition) is 3. The Kier molecular flexibility index (Phi) is 4.82. The molecule has 1 aliphatic heterocycles. The van der Waals surface area contributed by atoms with Crippen LogP contribution in [0.2, 0.25) is 0 Å². The second-order valence-electron chi connectivity index (χ2n) is 6.83. The van der Waals surface area contributed by atoms with Crippen molar-refractivity contribution < 1.29 is 9.53 Å². The third-order valence-corrected chi connectivity index (χ3v) is 4.33. The van der Waals surface area contributed by atoms with E-state index in [0.717, 1.165) is 12.8 Å². The van der Waals surface area contributed by atoms with Gasteiger partial charge in [0.05, 0.1) is 4.99 Å². The molecule has 110 valence electrons. The van der Waals surface area contributed by atoms with Crippen molar-refractivity contribution >= 4 is 23.3 Å². The van der Waals surface area contributed by atoms with Gasteiger partial charge in [-0.25, -0.2) is 4.79 Å². The molecule has 1 fully saturated rings. The van der Waals surface area contributed by atoms with Crippen molar-refractivity contribution in [1.29, 1.82) is 0 Å². The molecule has 0 unspecified atom stereocenters. The number of carbonyl (C=O) groups is 1. The summed E-state index contributed by atoms with van der Waals surface area (Å²) in [5.74, 6) is 0.434. The van der Waals surface area contributed by atoms with Crippen LogP contribution in [0.3, 0.4) is 0 Å². The third kappa shape index (κ3) is 4.34. The van der Waals surface area contributed by atoms with Crippen molar-refractivity contribution in [3.05, 3.63) is 0 Å². The summed E-state index contributed by atoms with van der Waals surface area (Å²) < 4.78 is 5.38. The van der Waals surface area contributed by atoms with E-state index in [1.807, 2.05) is 20.8 Å². The number of carbonyl (C=O) groups excluding carboxylic acids is 1. The summed E-state index contributed by atoms with van der Waals surface area (Å²) in [6.07, 6.45) is 1.62. The predicted octanol–water partition coefficient (Wildman–Crippen LogP) is 2.95. The number of ether oxygens (including phenoxy) is 1. The van der Waals surface area contributed by atoms with Gasteiger partial charge in [0.25, 0.3) is 0 Å². The number of piperidine rings is 1. The predicted molar refractivity (Wildman–Crippen MR) is 81.1 cm³/mol. The first-order valence-electron chi connectivity index (χ1n) is 6.82. The minimum atomic E-state index is -0.438. The van der Waals surface area contributed by atoms with Gasteiger partial charge < -0.3 is 15.4 Å². The van der Waals surface area contributed by atoms with Crippen molar-refractivity contribution in [2.75, 3.05) is 13.1 Å². The Labute approximate surface area is 121 Å². The van der Waals surface area contributed by atoms with Gasteiger partial charge in [-0.15, -0.1) is 0 Å². The van der Waals surface area contributed by atoms with E-state index in [9.17, 15) is 4.79 Å². The summed E-state index contributed by atoms with van der Waals surface area (Å²) in [6.45, 7) is 11.2. The van der Waals surface area contributed by atoms with Crippen molar-refractivity contribution in [3.63, 3.8) is 0 Å². The number of hydrogen-bond donors (Lipinski definition) is 1. The largest absolute Gasteiger partial charge is 0.444 e. The summed E-state index contributed by atoms with van der Waals surface area (Å²) in [7, 11) is 0. The van der Waals surface area contributed by atoms with Gasteiger partial charge in [-0.1, -0.05) is 26.1 Å². The molecule has 1 saturated heterocycles. The van der Waals surface area contributed by atoms with Crippen LogP contribution in [0.4, 0.5) is 4.79 Å². The standard InChI is InChI=1S/C14H26N2O2S/c1-13(2,3)18-12(17)16-8-6-10(7-9-16)14(4,5)11(15)19/h10H,6-9H2,1-5H3,(H2,15,19). The Morgan fingerprint density at radius 2 is 1.68 bits per heavy atom. The smallest absolute Gasteiger partial charge is 0.410 e. The van der Waals surface area contributed by atoms with E-state index in [4.69, 9.17) is 22.7 Å². The quantitative estimate of drug-likeness (QED) is 0.793. The Morgan fingerprint density at radius 3 is 2.05 bits per heavy atom. The van der Waals surface area contributed by atoms with Crippen LogP contribution >= 0.6 is 12.2 Å². The number of rotatable bonds is 2. The minimum absolute atomic E-state index is 0.143. The van der Waals surface area contributed by atoms with E-state index in [1.165, 1.54) is 0 Å². The molecular formula is C14H26N2O2S. The fourth-order valence-electron chi connectivity index (χ4n) is 2.31. The molecule has 1 heterocycles. The molecule has 4 nitrogen and oxygen atoms in total. The van der Waals surface area contributed by atoms with Crippen LogP contribution in [-0.2, 0) is 4.74 Å². The number of nitrogens with two attached hydrogens (primary N) is 1. The lowest BCUT2D eigenvalue weighted by Gasteiger charge is -2.40. The Balaban J connectivity index is 2.54. The Morgan fingerprint density at radius 1 is 1.21 bits per heavy atom. The molecule has 0 aromatic carbocycles. The van der Waals surface area contributed by atoms with E-state index in [-0.39, 0.29) is 11.5 Å². The molecule has 19 heavy (non-hydrogen) atoms. The lowest BCUT2D eigenvalue weighted by atomic mass is 9.73. The summed E-state index contributed by atoms with van der Waals surface area (Å²) in [5.41, 5.74) is 5.22. The van der Waals surface area contributed by atoms with Crippen LogP contribution in [0.15, 0.2) is 0 Å². The number of likely N-dealkylation sites (tertiary alicyclic amines) is 1. The second kappa shape index (κ2) is 5.65. The molecule has 1 amide bonds. The summed E-state index contributed by atoms with van der Waals surface area (Å²) in [4.78, 5) is 14.3. The van der Waals surface area contributed by atoms with Crippen LogP contribution in [0, 0.1) is 11.3 Å². The Bertz CT molecular complexity index is 353. The zero-order chi connectivity index (χ0) is 14.8. The molecule has 0 aliphatic carbocycles. The summed E-state index contributed by atoms with van der Waals surface area (Å²) in [6, 6.07) is 0. The number of thiocarbonyl (C=S) groups is 1. The highest BCUT2D eigenvalue weighted by molar-refractivity contribution is 7.80. The van der Waals surface area contributed by atoms with Gasteiger partial charge in [-0.2, -0.15) is 0 Å². The van der Waals surface area contributed by atoms with Crippen molar-refractivity contribution in [2.24, 2.45) is 17.1 Å². The first kappa shape index (κ1) is 16.2. The van der Waals surface area contributed by atoms with Crippen LogP contribution in [0.25, 0.3) is 0 Å². The highest BCUT2D eigenvalue weighted by atomic mass is 32.1. The van der Waals surface area contributed by atoms with Crippen LogP contribution in [-0.4, -0.2) is 34.7 Å². The lowest BCUT2D eigenvalue weighted by molar-refractivity contribution is 0.0151. The first-order chi connectivity index (χ1) is 8.54. The van der Waals surface area contributed by atoms with E-state index >= 15 is 0 Å². The van der Waals surface area contributed by atoms with E-state index in [0.29, 0.717) is 24.0 Å². The maximum absolute atomic E-state index is 12.0. The fourth-order valence-corrected chi connectivity index (χ4v) is 2.48. The summed E-state index contributed by atoms with van der Waals surface area (Å²) >= 11 is 5.14. The molecule has 0 spiro atoms. The molecule has 0 aromatic rings. The topological polar surface area (TPSA) is 55.6 Å². The number of amides is 1. The molecule has 5 heteroatoms. The van der Waals surface area contributed by atoms with Crippen LogP contribution in [0.5, 0.6) is 0 Å². The minimum Gasteiger partial charge on any atom is -0.444 e. The second-order valence-corrected chi connectivity index (χ2v) is 7.27. The SMILES string of the molecule is CC(C)(C)OC(=O)N1CCC(C(C)(C)C(N)=S)CC1. The van der Waals surface area contributed by atoms with Gasteiger partial charge in [0, 0.05) is 18.5 Å². The van der Waals surface area contributed by atoms with Gasteiger partial charge in [-0.3, -0.25) is 0 Å². The third-order valence-electron chi connectivity index (χ3n) is 3.80. The maximum atomic E-state index is 12.0. The van der Waals surface area contributed by atoms with Crippen molar-refractivity contribution in [2.45, 2.75) is 53.1 Å². The molecule has 0 bridgehead atoms. The number of nitrogens with zero attached hydrogens (tertiary/aromatic N) is 1. The fraction of sp³-hybridized carbons (Fsp3) is 0.857. The average molecular weight is 286 g/mol. The lowest BCUT2D eigenvalue weighted by Crippen LogP contribution is -2.46. The molecule has 0 aromatic heterocycles. The highest BCUT2D eigenvalue weighted by Gasteiger charge is 2.36. The van der Waals surface area contributed by atoms with Gasteiger partial charge >= 0.3 is 6.09 Å². The maximum Gasteiger partial charge on any atom is 0.410 e. The Hall–Kier alpha value is -0.840. The molecule has 2 N–H and O–H groups in total. The van der Waals surface area contributed by atoms with Gasteiger partial charge in [0.15, 0.2) is 0 Å². The zero-order valence-corrected chi connectivity index (χ0v) is 13.5. The van der Waals surface area contributed by atoms with E-state index < -0.39 is 5.60 Å².